The van der Waals surface area contributed by atoms with Crippen LogP contribution in [-0.4, -0.2) is 40.9 Å². The second kappa shape index (κ2) is 4.87. The van der Waals surface area contributed by atoms with Crippen LogP contribution in [-0.2, 0) is 6.54 Å². The number of nitrogens with zero attached hydrogens (tertiary/aromatic N) is 3. The van der Waals surface area contributed by atoms with E-state index in [2.05, 4.69) is 42.4 Å². The number of hydrogen-bond acceptors (Lipinski definition) is 3. The van der Waals surface area contributed by atoms with Gasteiger partial charge in [0.2, 0.25) is 0 Å². The summed E-state index contributed by atoms with van der Waals surface area (Å²) in [5, 5.41) is 7.88. The van der Waals surface area contributed by atoms with Crippen LogP contribution in [0.3, 0.4) is 0 Å². The largest absolute Gasteiger partial charge is 0.379 e. The topological polar surface area (TPSA) is 33.1 Å². The van der Waals surface area contributed by atoms with E-state index in [0.29, 0.717) is 12.0 Å². The van der Waals surface area contributed by atoms with Crippen molar-refractivity contribution in [2.24, 2.45) is 5.92 Å². The Balaban J connectivity index is 1.93. The first kappa shape index (κ1) is 11.5. The van der Waals surface area contributed by atoms with Crippen molar-refractivity contribution in [3.8, 4) is 0 Å². The van der Waals surface area contributed by atoms with Gasteiger partial charge in [-0.1, -0.05) is 6.92 Å². The highest BCUT2D eigenvalue weighted by atomic mass is 15.3. The Kier molecular flexibility index (Phi) is 3.49. The van der Waals surface area contributed by atoms with Crippen molar-refractivity contribution < 1.29 is 0 Å². The number of aromatic nitrogens is 2. The van der Waals surface area contributed by atoms with Gasteiger partial charge in [0.05, 0.1) is 11.9 Å². The lowest BCUT2D eigenvalue weighted by atomic mass is 9.94. The van der Waals surface area contributed by atoms with Gasteiger partial charge in [0.1, 0.15) is 0 Å². The Labute approximate surface area is 97.6 Å². The molecule has 2 heterocycles. The number of nitrogens with one attached hydrogen (secondary N) is 1. The minimum atomic E-state index is 0.589. The summed E-state index contributed by atoms with van der Waals surface area (Å²) in [5.41, 5.74) is 1.16. The van der Waals surface area contributed by atoms with E-state index in [4.69, 9.17) is 0 Å². The van der Waals surface area contributed by atoms with Crippen molar-refractivity contribution in [3.05, 3.63) is 12.4 Å². The maximum Gasteiger partial charge on any atom is 0.0728 e. The first-order chi connectivity index (χ1) is 7.69. The summed E-state index contributed by atoms with van der Waals surface area (Å²) in [6.07, 6.45) is 5.23. The molecule has 1 fully saturated rings. The molecule has 0 saturated carbocycles. The Morgan fingerprint density at radius 3 is 3.00 bits per heavy atom. The highest BCUT2D eigenvalue weighted by molar-refractivity contribution is 5.39. The van der Waals surface area contributed by atoms with E-state index in [1.165, 1.54) is 19.5 Å². The molecule has 16 heavy (non-hydrogen) atoms. The van der Waals surface area contributed by atoms with E-state index in [1.54, 1.807) is 0 Å². The van der Waals surface area contributed by atoms with E-state index in [0.717, 1.165) is 12.2 Å². The third kappa shape index (κ3) is 2.55. The van der Waals surface area contributed by atoms with Crippen LogP contribution in [0.2, 0.25) is 0 Å². The van der Waals surface area contributed by atoms with Crippen molar-refractivity contribution >= 4 is 5.69 Å². The minimum absolute atomic E-state index is 0.589. The summed E-state index contributed by atoms with van der Waals surface area (Å²) in [6, 6.07) is 0.589. The number of anilines is 1. The molecular formula is C12H22N4. The molecule has 0 aliphatic carbocycles. The van der Waals surface area contributed by atoms with Crippen LogP contribution in [0.25, 0.3) is 0 Å². The zero-order chi connectivity index (χ0) is 11.5. The van der Waals surface area contributed by atoms with Gasteiger partial charge in [-0.05, 0) is 32.9 Å². The van der Waals surface area contributed by atoms with Crippen LogP contribution >= 0.6 is 0 Å². The maximum absolute atomic E-state index is 4.28. The average Bonchev–Trinajstić information content (AvgIpc) is 2.70. The van der Waals surface area contributed by atoms with E-state index < -0.39 is 0 Å². The predicted molar refractivity (Wildman–Crippen MR) is 66.6 cm³/mol. The van der Waals surface area contributed by atoms with E-state index in [-0.39, 0.29) is 0 Å². The second-order valence-corrected chi connectivity index (χ2v) is 4.86. The van der Waals surface area contributed by atoms with Crippen LogP contribution in [0.4, 0.5) is 5.69 Å². The molecule has 1 aliphatic rings. The number of aryl methyl sites for hydroxylation is 1. The molecule has 1 N–H and O–H groups in total. The fraction of sp³-hybridized carbons (Fsp3) is 0.750. The summed E-state index contributed by atoms with van der Waals surface area (Å²) in [5.74, 6) is 0.698. The Morgan fingerprint density at radius 1 is 1.56 bits per heavy atom. The van der Waals surface area contributed by atoms with E-state index in [1.807, 2.05) is 10.9 Å². The summed E-state index contributed by atoms with van der Waals surface area (Å²) in [6.45, 7) is 7.72. The zero-order valence-electron chi connectivity index (χ0n) is 10.5. The van der Waals surface area contributed by atoms with Crippen molar-refractivity contribution in [1.29, 1.82) is 0 Å². The lowest BCUT2D eigenvalue weighted by molar-refractivity contribution is 0.206. The van der Waals surface area contributed by atoms with Crippen molar-refractivity contribution in [3.63, 3.8) is 0 Å². The normalized spacial score (nSPS) is 26.9. The van der Waals surface area contributed by atoms with E-state index in [9.17, 15) is 0 Å². The van der Waals surface area contributed by atoms with E-state index >= 15 is 0 Å². The monoisotopic (exact) mass is 222 g/mol. The first-order valence-electron chi connectivity index (χ1n) is 6.16. The summed E-state index contributed by atoms with van der Waals surface area (Å²) in [4.78, 5) is 2.40. The molecule has 2 unspecified atom stereocenters. The first-order valence-corrected chi connectivity index (χ1v) is 6.16. The van der Waals surface area contributed by atoms with Gasteiger partial charge < -0.3 is 10.2 Å². The molecule has 4 nitrogen and oxygen atoms in total. The molecule has 0 radical (unpaired) electrons. The molecule has 2 atom stereocenters. The van der Waals surface area contributed by atoms with Gasteiger partial charge in [-0.3, -0.25) is 4.68 Å². The molecule has 0 spiro atoms. The third-order valence-corrected chi connectivity index (χ3v) is 3.42. The van der Waals surface area contributed by atoms with Gasteiger partial charge in [0, 0.05) is 25.3 Å². The SMILES string of the molecule is CCn1cc(NC2CCN(C)CC2C)cn1. The lowest BCUT2D eigenvalue weighted by Crippen LogP contribution is -2.43. The Bertz CT molecular complexity index is 334. The highest BCUT2D eigenvalue weighted by Gasteiger charge is 2.24. The maximum atomic E-state index is 4.28. The second-order valence-electron chi connectivity index (χ2n) is 4.86. The zero-order valence-corrected chi connectivity index (χ0v) is 10.5. The molecule has 2 rings (SSSR count). The standard InChI is InChI=1S/C12H22N4/c1-4-16-9-11(7-13-16)14-12-5-6-15(3)8-10(12)2/h7,9-10,12,14H,4-6,8H2,1-3H3. The fourth-order valence-electron chi connectivity index (χ4n) is 2.39. The van der Waals surface area contributed by atoms with Gasteiger partial charge >= 0.3 is 0 Å². The van der Waals surface area contributed by atoms with Gasteiger partial charge in [-0.2, -0.15) is 5.10 Å². The molecule has 1 saturated heterocycles. The summed E-state index contributed by atoms with van der Waals surface area (Å²) >= 11 is 0. The van der Waals surface area contributed by atoms with Gasteiger partial charge in [0.15, 0.2) is 0 Å². The van der Waals surface area contributed by atoms with Gasteiger partial charge in [0.25, 0.3) is 0 Å². The van der Waals surface area contributed by atoms with Gasteiger partial charge in [-0.25, -0.2) is 0 Å². The third-order valence-electron chi connectivity index (χ3n) is 3.42. The minimum Gasteiger partial charge on any atom is -0.379 e. The Hall–Kier alpha value is -1.03. The molecule has 1 aliphatic heterocycles. The van der Waals surface area contributed by atoms with Crippen LogP contribution in [0.15, 0.2) is 12.4 Å². The number of hydrogen-bond donors (Lipinski definition) is 1. The van der Waals surface area contributed by atoms with Crippen molar-refractivity contribution in [1.82, 2.24) is 14.7 Å². The summed E-state index contributed by atoms with van der Waals surface area (Å²) < 4.78 is 1.96. The quantitative estimate of drug-likeness (QED) is 0.844. The van der Waals surface area contributed by atoms with Crippen molar-refractivity contribution in [2.75, 3.05) is 25.5 Å². The molecule has 1 aromatic heterocycles. The highest BCUT2D eigenvalue weighted by Crippen LogP contribution is 2.19. The predicted octanol–water partition coefficient (Wildman–Crippen LogP) is 1.66. The number of likely N-dealkylation sites (tertiary alicyclic amines) is 1. The van der Waals surface area contributed by atoms with Crippen LogP contribution in [0.5, 0.6) is 0 Å². The molecule has 0 bridgehead atoms. The molecule has 4 heteroatoms. The van der Waals surface area contributed by atoms with Crippen LogP contribution < -0.4 is 5.32 Å². The Morgan fingerprint density at radius 2 is 2.38 bits per heavy atom. The lowest BCUT2D eigenvalue weighted by Gasteiger charge is -2.35. The molecule has 90 valence electrons. The molecule has 0 amide bonds. The number of rotatable bonds is 3. The number of piperidine rings is 1. The van der Waals surface area contributed by atoms with Crippen LogP contribution in [0, 0.1) is 5.92 Å². The van der Waals surface area contributed by atoms with Crippen molar-refractivity contribution in [2.45, 2.75) is 32.9 Å². The molecule has 1 aromatic rings. The summed E-state index contributed by atoms with van der Waals surface area (Å²) in [7, 11) is 2.20. The fourth-order valence-corrected chi connectivity index (χ4v) is 2.39. The van der Waals surface area contributed by atoms with Gasteiger partial charge in [-0.15, -0.1) is 0 Å². The molecule has 0 aromatic carbocycles. The molecular weight excluding hydrogens is 200 g/mol. The van der Waals surface area contributed by atoms with Crippen LogP contribution in [0.1, 0.15) is 20.3 Å². The average molecular weight is 222 g/mol. The smallest absolute Gasteiger partial charge is 0.0728 e.